The molecule has 1 fully saturated rings. The quantitative estimate of drug-likeness (QED) is 0.690. The van der Waals surface area contributed by atoms with Gasteiger partial charge in [0.1, 0.15) is 0 Å². The first-order valence-electron chi connectivity index (χ1n) is 5.53. The van der Waals surface area contributed by atoms with Crippen LogP contribution in [0.2, 0.25) is 0 Å². The lowest BCUT2D eigenvalue weighted by Crippen LogP contribution is -2.26. The van der Waals surface area contributed by atoms with E-state index < -0.39 is 0 Å². The van der Waals surface area contributed by atoms with Crippen LogP contribution in [0.5, 0.6) is 0 Å². The first-order valence-corrected chi connectivity index (χ1v) is 5.53. The van der Waals surface area contributed by atoms with E-state index in [0.29, 0.717) is 0 Å². The summed E-state index contributed by atoms with van der Waals surface area (Å²) in [6.07, 6.45) is 5.84. The summed E-state index contributed by atoms with van der Waals surface area (Å²) in [4.78, 5) is 0. The summed E-state index contributed by atoms with van der Waals surface area (Å²) in [5.41, 5.74) is 0. The molecule has 0 bridgehead atoms. The minimum Gasteiger partial charge on any atom is -0.390 e. The molecule has 0 heterocycles. The van der Waals surface area contributed by atoms with Gasteiger partial charge in [0.25, 0.3) is 0 Å². The third kappa shape index (κ3) is 3.65. The molecule has 1 saturated carbocycles. The minimum absolute atomic E-state index is 0.00470. The normalized spacial score (nSPS) is 22.4. The van der Waals surface area contributed by atoms with Crippen LogP contribution in [0.4, 0.5) is 0 Å². The molecule has 0 aromatic heterocycles. The van der Waals surface area contributed by atoms with Crippen molar-refractivity contribution in [1.82, 2.24) is 0 Å². The van der Waals surface area contributed by atoms with Gasteiger partial charge in [0.2, 0.25) is 0 Å². The first kappa shape index (κ1) is 11.0. The van der Waals surface area contributed by atoms with Gasteiger partial charge in [0.15, 0.2) is 0 Å². The molecular formula is C11H22O2. The van der Waals surface area contributed by atoms with Crippen LogP contribution in [0.15, 0.2) is 0 Å². The van der Waals surface area contributed by atoms with E-state index in [0.717, 1.165) is 18.9 Å². The molecule has 0 radical (unpaired) electrons. The summed E-state index contributed by atoms with van der Waals surface area (Å²) < 4.78 is 5.55. The van der Waals surface area contributed by atoms with Gasteiger partial charge >= 0.3 is 0 Å². The van der Waals surface area contributed by atoms with Crippen LogP contribution in [0.1, 0.15) is 46.0 Å². The van der Waals surface area contributed by atoms with Crippen LogP contribution >= 0.6 is 0 Å². The zero-order chi connectivity index (χ0) is 9.68. The Morgan fingerprint density at radius 1 is 1.46 bits per heavy atom. The highest BCUT2D eigenvalue weighted by atomic mass is 16.5. The second-order valence-electron chi connectivity index (χ2n) is 4.14. The number of aliphatic hydroxyl groups excluding tert-OH is 1. The molecule has 0 aromatic rings. The minimum atomic E-state index is -0.290. The van der Waals surface area contributed by atoms with Crippen molar-refractivity contribution in [2.75, 3.05) is 6.61 Å². The summed E-state index contributed by atoms with van der Waals surface area (Å²) in [6.45, 7) is 4.76. The van der Waals surface area contributed by atoms with Crippen molar-refractivity contribution in [3.63, 3.8) is 0 Å². The zero-order valence-electron chi connectivity index (χ0n) is 8.83. The summed E-state index contributed by atoms with van der Waals surface area (Å²) >= 11 is 0. The van der Waals surface area contributed by atoms with Crippen molar-refractivity contribution < 1.29 is 9.84 Å². The van der Waals surface area contributed by atoms with E-state index in [1.54, 1.807) is 0 Å². The fourth-order valence-electron chi connectivity index (χ4n) is 1.65. The Morgan fingerprint density at radius 3 is 2.62 bits per heavy atom. The maximum atomic E-state index is 9.44. The molecule has 78 valence electrons. The topological polar surface area (TPSA) is 29.5 Å². The van der Waals surface area contributed by atoms with Crippen molar-refractivity contribution in [3.8, 4) is 0 Å². The molecule has 2 heteroatoms. The Labute approximate surface area is 81.3 Å². The highest BCUT2D eigenvalue weighted by Crippen LogP contribution is 2.29. The first-order chi connectivity index (χ1) is 6.24. The average molecular weight is 186 g/mol. The zero-order valence-corrected chi connectivity index (χ0v) is 8.83. The fourth-order valence-corrected chi connectivity index (χ4v) is 1.65. The Hall–Kier alpha value is -0.0800. The Morgan fingerprint density at radius 2 is 2.15 bits per heavy atom. The van der Waals surface area contributed by atoms with E-state index in [1.165, 1.54) is 25.7 Å². The summed E-state index contributed by atoms with van der Waals surface area (Å²) in [6, 6.07) is 0. The Kier molecular flexibility index (Phi) is 4.74. The molecule has 1 aliphatic carbocycles. The predicted octanol–water partition coefficient (Wildman–Crippen LogP) is 2.35. The number of aliphatic hydroxyl groups is 1. The molecule has 13 heavy (non-hydrogen) atoms. The van der Waals surface area contributed by atoms with Gasteiger partial charge in [-0.2, -0.15) is 0 Å². The molecule has 0 spiro atoms. The molecule has 2 nitrogen and oxygen atoms in total. The van der Waals surface area contributed by atoms with E-state index >= 15 is 0 Å². The van der Waals surface area contributed by atoms with E-state index in [2.05, 4.69) is 0 Å². The van der Waals surface area contributed by atoms with Crippen LogP contribution in [0, 0.1) is 5.92 Å². The van der Waals surface area contributed by atoms with Crippen molar-refractivity contribution in [2.24, 2.45) is 5.92 Å². The monoisotopic (exact) mass is 186 g/mol. The van der Waals surface area contributed by atoms with Crippen molar-refractivity contribution in [1.29, 1.82) is 0 Å². The van der Waals surface area contributed by atoms with Gasteiger partial charge in [-0.1, -0.05) is 26.2 Å². The third-order valence-corrected chi connectivity index (χ3v) is 3.09. The summed E-state index contributed by atoms with van der Waals surface area (Å²) in [5, 5.41) is 9.44. The van der Waals surface area contributed by atoms with E-state index in [1.807, 2.05) is 13.8 Å². The van der Waals surface area contributed by atoms with Gasteiger partial charge in [-0.25, -0.2) is 0 Å². The largest absolute Gasteiger partial charge is 0.390 e. The second kappa shape index (κ2) is 5.61. The molecule has 1 N–H and O–H groups in total. The van der Waals surface area contributed by atoms with Gasteiger partial charge in [0.05, 0.1) is 12.2 Å². The Bertz CT molecular complexity index is 132. The van der Waals surface area contributed by atoms with Gasteiger partial charge in [-0.15, -0.1) is 0 Å². The fraction of sp³-hybridized carbons (Fsp3) is 1.00. The van der Waals surface area contributed by atoms with Crippen LogP contribution in [-0.4, -0.2) is 23.9 Å². The van der Waals surface area contributed by atoms with E-state index in [4.69, 9.17) is 4.74 Å². The highest BCUT2D eigenvalue weighted by Gasteiger charge is 2.18. The van der Waals surface area contributed by atoms with Gasteiger partial charge in [0, 0.05) is 6.61 Å². The summed E-state index contributed by atoms with van der Waals surface area (Å²) in [7, 11) is 0. The maximum absolute atomic E-state index is 9.44. The van der Waals surface area contributed by atoms with Gasteiger partial charge in [-0.3, -0.25) is 0 Å². The molecule has 0 amide bonds. The lowest BCUT2D eigenvalue weighted by molar-refractivity contribution is -0.0341. The molecule has 1 rings (SSSR count). The van der Waals surface area contributed by atoms with Crippen molar-refractivity contribution in [3.05, 3.63) is 0 Å². The molecule has 2 unspecified atom stereocenters. The Balaban J connectivity index is 1.97. The van der Waals surface area contributed by atoms with Crippen molar-refractivity contribution >= 4 is 0 Å². The lowest BCUT2D eigenvalue weighted by atomic mass is 9.83. The summed E-state index contributed by atoms with van der Waals surface area (Å²) in [5.74, 6) is 0.908. The maximum Gasteiger partial charge on any atom is 0.0805 e. The molecular weight excluding hydrogens is 164 g/mol. The number of hydrogen-bond acceptors (Lipinski definition) is 2. The molecule has 0 saturated heterocycles. The molecule has 0 aliphatic heterocycles. The SMILES string of the molecule is CCC(O)C(C)OCCC1CCC1. The number of ether oxygens (including phenoxy) is 1. The molecule has 1 aliphatic rings. The van der Waals surface area contributed by atoms with Crippen LogP contribution < -0.4 is 0 Å². The smallest absolute Gasteiger partial charge is 0.0805 e. The van der Waals surface area contributed by atoms with Crippen LogP contribution in [0.3, 0.4) is 0 Å². The molecule has 0 aromatic carbocycles. The van der Waals surface area contributed by atoms with E-state index in [9.17, 15) is 5.11 Å². The second-order valence-corrected chi connectivity index (χ2v) is 4.14. The third-order valence-electron chi connectivity index (χ3n) is 3.09. The van der Waals surface area contributed by atoms with Gasteiger partial charge < -0.3 is 9.84 Å². The van der Waals surface area contributed by atoms with Gasteiger partial charge in [-0.05, 0) is 25.7 Å². The standard InChI is InChI=1S/C11H22O2/c1-3-11(12)9(2)13-8-7-10-5-4-6-10/h9-12H,3-8H2,1-2H3. The average Bonchev–Trinajstić information content (AvgIpc) is 2.07. The van der Waals surface area contributed by atoms with Crippen LogP contribution in [-0.2, 0) is 4.74 Å². The van der Waals surface area contributed by atoms with Crippen LogP contribution in [0.25, 0.3) is 0 Å². The van der Waals surface area contributed by atoms with E-state index in [-0.39, 0.29) is 12.2 Å². The van der Waals surface area contributed by atoms with Crippen molar-refractivity contribution in [2.45, 2.75) is 58.2 Å². The predicted molar refractivity (Wildman–Crippen MR) is 53.7 cm³/mol. The molecule has 2 atom stereocenters. The number of hydrogen-bond donors (Lipinski definition) is 1. The lowest BCUT2D eigenvalue weighted by Gasteiger charge is -2.26. The highest BCUT2D eigenvalue weighted by molar-refractivity contribution is 4.69. The number of rotatable bonds is 6.